The highest BCUT2D eigenvalue weighted by atomic mass is 16.7. The number of amides is 2. The molecule has 3 heterocycles. The number of aliphatic hydroxyl groups excluding tert-OH is 1. The summed E-state index contributed by atoms with van der Waals surface area (Å²) in [5.74, 6) is -2.64. The summed E-state index contributed by atoms with van der Waals surface area (Å²) in [6.07, 6.45) is 2.49. The Morgan fingerprint density at radius 3 is 2.75 bits per heavy atom. The van der Waals surface area contributed by atoms with Crippen molar-refractivity contribution in [3.63, 3.8) is 0 Å². The van der Waals surface area contributed by atoms with Gasteiger partial charge in [0.15, 0.2) is 0 Å². The highest BCUT2D eigenvalue weighted by Crippen LogP contribution is 2.33. The van der Waals surface area contributed by atoms with Crippen LogP contribution >= 0.6 is 0 Å². The van der Waals surface area contributed by atoms with Crippen molar-refractivity contribution in [1.82, 2.24) is 10.2 Å². The topological polar surface area (TPSA) is 167 Å². The van der Waals surface area contributed by atoms with Gasteiger partial charge in [0, 0.05) is 36.6 Å². The summed E-state index contributed by atoms with van der Waals surface area (Å²) in [5, 5.41) is 11.7. The van der Waals surface area contributed by atoms with E-state index in [1.165, 1.54) is 23.1 Å². The molecule has 13 nitrogen and oxygen atoms in total. The van der Waals surface area contributed by atoms with Crippen molar-refractivity contribution in [3.8, 4) is 0 Å². The summed E-state index contributed by atoms with van der Waals surface area (Å²) < 4.78 is 27.4. The molecule has 1 aromatic rings. The van der Waals surface area contributed by atoms with Crippen LogP contribution in [-0.2, 0) is 42.9 Å². The van der Waals surface area contributed by atoms with Crippen molar-refractivity contribution in [2.45, 2.75) is 63.6 Å². The number of rotatable bonds is 9. The van der Waals surface area contributed by atoms with E-state index >= 15 is 0 Å². The number of hydrogen-bond donors (Lipinski definition) is 2. The van der Waals surface area contributed by atoms with Crippen molar-refractivity contribution in [1.29, 1.82) is 0 Å². The Morgan fingerprint density at radius 2 is 2.00 bits per heavy atom. The Balaban J connectivity index is 1.23. The Labute approximate surface area is 254 Å². The number of ether oxygens (including phenoxy) is 5. The predicted molar refractivity (Wildman–Crippen MR) is 151 cm³/mol. The van der Waals surface area contributed by atoms with E-state index < -0.39 is 53.8 Å². The zero-order valence-electron chi connectivity index (χ0n) is 24.6. The number of fused-ring (bicyclic) bond motifs is 1. The van der Waals surface area contributed by atoms with Crippen LogP contribution in [0.25, 0.3) is 6.08 Å². The van der Waals surface area contributed by atoms with Gasteiger partial charge in [-0.25, -0.2) is 14.4 Å². The summed E-state index contributed by atoms with van der Waals surface area (Å²) in [6.45, 7) is 3.97. The smallest absolute Gasteiger partial charge is 0.348 e. The van der Waals surface area contributed by atoms with Crippen molar-refractivity contribution in [2.24, 2.45) is 5.41 Å². The summed E-state index contributed by atoms with van der Waals surface area (Å²) in [4.78, 5) is 65.1. The third-order valence-electron chi connectivity index (χ3n) is 8.04. The normalized spacial score (nSPS) is 27.4. The van der Waals surface area contributed by atoms with Gasteiger partial charge in [-0.05, 0) is 42.7 Å². The number of nitrogens with zero attached hydrogens (tertiary/aromatic N) is 1. The van der Waals surface area contributed by atoms with E-state index in [0.717, 1.165) is 0 Å². The SMILES string of the molecule is CC1(C)COC(=O)[C@@H]1OC(=O)C=Cc1cccc(C(=O)O[C@@H]2CC(C(=O)N3CCC[C@@H]3C(=O)NCCO)=C[C@H]3OCO[C@H]32)c1. The Hall–Kier alpha value is -4.07. The second-order valence-corrected chi connectivity index (χ2v) is 11.8. The molecule has 44 heavy (non-hydrogen) atoms. The second kappa shape index (κ2) is 13.3. The van der Waals surface area contributed by atoms with Crippen molar-refractivity contribution in [3.05, 3.63) is 53.1 Å². The molecule has 0 unspecified atom stereocenters. The highest BCUT2D eigenvalue weighted by Gasteiger charge is 2.47. The van der Waals surface area contributed by atoms with Crippen LogP contribution < -0.4 is 5.32 Å². The van der Waals surface area contributed by atoms with Crippen LogP contribution in [0.3, 0.4) is 0 Å². The molecule has 2 amide bonds. The standard InChI is InChI=1S/C31H36N2O11/c1-31(2)16-40-30(39)26(31)44-24(35)9-8-18-5-3-6-19(13-18)29(38)43-23-15-20(14-22-25(23)42-17-41-22)28(37)33-11-4-7-21(33)27(36)32-10-12-34/h3,5-6,8-9,13-14,21-23,25-26,34H,4,7,10-12,15-17H2,1-2H3,(H,32,36)/t21-,22-,23-,25-,26+/m1/s1. The highest BCUT2D eigenvalue weighted by molar-refractivity contribution is 5.98. The molecule has 4 aliphatic rings. The molecule has 5 rings (SSSR count). The molecule has 0 radical (unpaired) electrons. The summed E-state index contributed by atoms with van der Waals surface area (Å²) in [5.41, 5.74) is 0.447. The monoisotopic (exact) mass is 612 g/mol. The van der Waals surface area contributed by atoms with Gasteiger partial charge in [0.05, 0.1) is 12.2 Å². The average Bonchev–Trinajstić information content (AvgIpc) is 3.75. The maximum Gasteiger partial charge on any atom is 0.348 e. The molecule has 3 saturated heterocycles. The van der Waals surface area contributed by atoms with E-state index in [1.54, 1.807) is 38.1 Å². The van der Waals surface area contributed by atoms with Crippen LogP contribution in [0.2, 0.25) is 0 Å². The van der Waals surface area contributed by atoms with Crippen LogP contribution in [0.5, 0.6) is 0 Å². The Kier molecular flexibility index (Phi) is 9.47. The molecular formula is C31H36N2O11. The average molecular weight is 613 g/mol. The molecular weight excluding hydrogens is 576 g/mol. The molecule has 0 bridgehead atoms. The van der Waals surface area contributed by atoms with E-state index in [1.807, 2.05) is 0 Å². The van der Waals surface area contributed by atoms with Gasteiger partial charge in [0.1, 0.15) is 37.8 Å². The zero-order chi connectivity index (χ0) is 31.4. The lowest BCUT2D eigenvalue weighted by Gasteiger charge is -2.32. The number of esters is 3. The van der Waals surface area contributed by atoms with E-state index in [0.29, 0.717) is 30.5 Å². The number of benzene rings is 1. The number of aliphatic hydroxyl groups is 1. The Morgan fingerprint density at radius 1 is 1.18 bits per heavy atom. The largest absolute Gasteiger partial charge is 0.462 e. The molecule has 2 N–H and O–H groups in total. The summed E-state index contributed by atoms with van der Waals surface area (Å²) in [6, 6.07) is 5.75. The maximum atomic E-state index is 13.5. The summed E-state index contributed by atoms with van der Waals surface area (Å²) >= 11 is 0. The number of likely N-dealkylation sites (tertiary alicyclic amines) is 1. The lowest BCUT2D eigenvalue weighted by Crippen LogP contribution is -2.49. The lowest BCUT2D eigenvalue weighted by molar-refractivity contribution is -0.159. The number of hydrogen-bond acceptors (Lipinski definition) is 11. The van der Waals surface area contributed by atoms with Crippen LogP contribution in [0.1, 0.15) is 49.0 Å². The molecule has 0 saturated carbocycles. The fraction of sp³-hybridized carbons (Fsp3) is 0.516. The van der Waals surface area contributed by atoms with Gasteiger partial charge in [-0.2, -0.15) is 0 Å². The third-order valence-corrected chi connectivity index (χ3v) is 8.04. The van der Waals surface area contributed by atoms with Gasteiger partial charge in [0.25, 0.3) is 0 Å². The third kappa shape index (κ3) is 6.85. The van der Waals surface area contributed by atoms with Crippen molar-refractivity contribution < 1.29 is 52.8 Å². The number of nitrogens with one attached hydrogen (secondary N) is 1. The molecule has 13 heteroatoms. The van der Waals surface area contributed by atoms with Gasteiger partial charge < -0.3 is 39.0 Å². The summed E-state index contributed by atoms with van der Waals surface area (Å²) in [7, 11) is 0. The first-order valence-corrected chi connectivity index (χ1v) is 14.6. The van der Waals surface area contributed by atoms with Crippen LogP contribution in [0, 0.1) is 5.41 Å². The molecule has 0 aromatic heterocycles. The fourth-order valence-electron chi connectivity index (χ4n) is 5.71. The fourth-order valence-corrected chi connectivity index (χ4v) is 5.71. The quantitative estimate of drug-likeness (QED) is 0.231. The van der Waals surface area contributed by atoms with Crippen LogP contribution in [0.4, 0.5) is 0 Å². The molecule has 0 spiro atoms. The van der Waals surface area contributed by atoms with Crippen molar-refractivity contribution >= 4 is 35.8 Å². The number of carbonyl (C=O) groups is 5. The van der Waals surface area contributed by atoms with Crippen molar-refractivity contribution in [2.75, 3.05) is 33.1 Å². The lowest BCUT2D eigenvalue weighted by atomic mass is 9.90. The van der Waals surface area contributed by atoms with E-state index in [4.69, 9.17) is 28.8 Å². The molecule has 236 valence electrons. The van der Waals surface area contributed by atoms with Gasteiger partial charge in [-0.1, -0.05) is 26.0 Å². The first kappa shape index (κ1) is 31.4. The van der Waals surface area contributed by atoms with Gasteiger partial charge >= 0.3 is 17.9 Å². The van der Waals surface area contributed by atoms with Crippen LogP contribution in [-0.4, -0.2) is 103 Å². The molecule has 1 aliphatic carbocycles. The first-order chi connectivity index (χ1) is 21.1. The zero-order valence-corrected chi connectivity index (χ0v) is 24.6. The minimum Gasteiger partial charge on any atom is -0.462 e. The van der Waals surface area contributed by atoms with Crippen LogP contribution in [0.15, 0.2) is 42.0 Å². The molecule has 5 atom stereocenters. The Bertz CT molecular complexity index is 1370. The minimum absolute atomic E-state index is 0.0244. The minimum atomic E-state index is -1.01. The van der Waals surface area contributed by atoms with E-state index in [-0.39, 0.29) is 50.4 Å². The number of carbonyl (C=O) groups excluding carboxylic acids is 5. The van der Waals surface area contributed by atoms with E-state index in [2.05, 4.69) is 5.32 Å². The molecule has 3 fully saturated rings. The van der Waals surface area contributed by atoms with Gasteiger partial charge in [-0.3, -0.25) is 9.59 Å². The van der Waals surface area contributed by atoms with Gasteiger partial charge in [-0.15, -0.1) is 0 Å². The second-order valence-electron chi connectivity index (χ2n) is 11.8. The predicted octanol–water partition coefficient (Wildman–Crippen LogP) is 0.891. The number of cyclic esters (lactones) is 1. The molecule has 1 aromatic carbocycles. The molecule has 3 aliphatic heterocycles. The maximum absolute atomic E-state index is 13.5. The van der Waals surface area contributed by atoms with Gasteiger partial charge in [0.2, 0.25) is 17.9 Å². The first-order valence-electron chi connectivity index (χ1n) is 14.6. The van der Waals surface area contributed by atoms with E-state index in [9.17, 15) is 24.0 Å².